The molecule has 8 heteroatoms. The smallest absolute Gasteiger partial charge is 0.255 e. The molecule has 3 aromatic rings. The summed E-state index contributed by atoms with van der Waals surface area (Å²) in [6.45, 7) is 6.62. The van der Waals surface area contributed by atoms with Crippen LogP contribution in [0.4, 0.5) is 11.6 Å². The Kier molecular flexibility index (Phi) is 6.80. The Morgan fingerprint density at radius 2 is 1.91 bits per heavy atom. The van der Waals surface area contributed by atoms with E-state index in [1.54, 1.807) is 16.4 Å². The molecule has 1 aliphatic rings. The SMILES string of the molecule is CCCOc1ccccc1C1C(C(=O)Nc2ccccc2)=C(C)Nc2nc(SCC)nn21. The number of benzene rings is 2. The lowest BCUT2D eigenvalue weighted by molar-refractivity contribution is -0.113. The first kappa shape index (κ1) is 22.0. The number of aromatic nitrogens is 3. The average Bonchev–Trinajstić information content (AvgIpc) is 3.19. The lowest BCUT2D eigenvalue weighted by Crippen LogP contribution is -2.31. The molecule has 1 unspecified atom stereocenters. The lowest BCUT2D eigenvalue weighted by atomic mass is 9.94. The van der Waals surface area contributed by atoms with Gasteiger partial charge in [-0.1, -0.05) is 62.0 Å². The Labute approximate surface area is 192 Å². The second-order valence-electron chi connectivity index (χ2n) is 7.37. The zero-order valence-corrected chi connectivity index (χ0v) is 19.3. The molecule has 166 valence electrons. The Morgan fingerprint density at radius 3 is 2.66 bits per heavy atom. The van der Waals surface area contributed by atoms with E-state index >= 15 is 0 Å². The van der Waals surface area contributed by atoms with Gasteiger partial charge in [0.1, 0.15) is 11.8 Å². The van der Waals surface area contributed by atoms with E-state index in [0.717, 1.165) is 34.9 Å². The predicted molar refractivity (Wildman–Crippen MR) is 128 cm³/mol. The first-order chi connectivity index (χ1) is 15.6. The fourth-order valence-electron chi connectivity index (χ4n) is 3.67. The number of hydrogen-bond donors (Lipinski definition) is 2. The molecule has 0 aliphatic carbocycles. The van der Waals surface area contributed by atoms with E-state index in [1.807, 2.05) is 61.5 Å². The van der Waals surface area contributed by atoms with Crippen molar-refractivity contribution < 1.29 is 9.53 Å². The summed E-state index contributed by atoms with van der Waals surface area (Å²) < 4.78 is 7.84. The minimum Gasteiger partial charge on any atom is -0.493 e. The number of hydrogen-bond acceptors (Lipinski definition) is 6. The molecule has 0 saturated carbocycles. The summed E-state index contributed by atoms with van der Waals surface area (Å²) in [6.07, 6.45) is 0.892. The van der Waals surface area contributed by atoms with Crippen LogP contribution in [0.3, 0.4) is 0 Å². The lowest BCUT2D eigenvalue weighted by Gasteiger charge is -2.29. The third-order valence-electron chi connectivity index (χ3n) is 5.06. The predicted octanol–water partition coefficient (Wildman–Crippen LogP) is 5.11. The molecule has 0 fully saturated rings. The van der Waals surface area contributed by atoms with E-state index in [9.17, 15) is 4.79 Å². The van der Waals surface area contributed by atoms with Crippen LogP contribution in [0.15, 0.2) is 71.0 Å². The molecule has 0 spiro atoms. The summed E-state index contributed by atoms with van der Waals surface area (Å²) in [5.74, 6) is 2.02. The molecule has 1 aromatic heterocycles. The Balaban J connectivity index is 1.81. The largest absolute Gasteiger partial charge is 0.493 e. The van der Waals surface area contributed by atoms with E-state index in [0.29, 0.717) is 23.3 Å². The molecule has 2 N–H and O–H groups in total. The molecule has 0 bridgehead atoms. The number of nitrogens with zero attached hydrogens (tertiary/aromatic N) is 3. The van der Waals surface area contributed by atoms with Crippen LogP contribution in [0.25, 0.3) is 0 Å². The van der Waals surface area contributed by atoms with Crippen LogP contribution in [0.1, 0.15) is 38.8 Å². The van der Waals surface area contributed by atoms with Gasteiger partial charge < -0.3 is 15.4 Å². The van der Waals surface area contributed by atoms with Crippen LogP contribution in [0, 0.1) is 0 Å². The molecule has 7 nitrogen and oxygen atoms in total. The number of amides is 1. The molecule has 2 heterocycles. The third kappa shape index (κ3) is 4.50. The maximum Gasteiger partial charge on any atom is 0.255 e. The normalized spacial score (nSPS) is 15.2. The number of allylic oxidation sites excluding steroid dienone is 1. The topological polar surface area (TPSA) is 81.1 Å². The van der Waals surface area contributed by atoms with E-state index in [4.69, 9.17) is 9.84 Å². The molecular weight excluding hydrogens is 422 g/mol. The standard InChI is InChI=1S/C24H27N5O2S/c1-4-15-31-19-14-10-9-13-18(19)21-20(22(30)26-17-11-7-6-8-12-17)16(3)25-23-27-24(32-5-2)28-29(21)23/h6-14,21H,4-5,15H2,1-3H3,(H,26,30)(H,25,27,28). The summed E-state index contributed by atoms with van der Waals surface area (Å²) in [6, 6.07) is 16.8. The molecule has 1 atom stereocenters. The quantitative estimate of drug-likeness (QED) is 0.465. The Morgan fingerprint density at radius 1 is 1.16 bits per heavy atom. The number of carbonyl (C=O) groups excluding carboxylic acids is 1. The minimum absolute atomic E-state index is 0.192. The first-order valence-electron chi connectivity index (χ1n) is 10.8. The van der Waals surface area contributed by atoms with Crippen LogP contribution in [-0.2, 0) is 4.79 Å². The van der Waals surface area contributed by atoms with Gasteiger partial charge in [0.05, 0.1) is 12.2 Å². The van der Waals surface area contributed by atoms with Crippen LogP contribution in [-0.4, -0.2) is 33.0 Å². The van der Waals surface area contributed by atoms with Crippen molar-refractivity contribution in [1.29, 1.82) is 0 Å². The van der Waals surface area contributed by atoms with E-state index in [1.165, 1.54) is 0 Å². The van der Waals surface area contributed by atoms with Crippen molar-refractivity contribution in [2.75, 3.05) is 23.0 Å². The van der Waals surface area contributed by atoms with Crippen LogP contribution >= 0.6 is 11.8 Å². The molecular formula is C24H27N5O2S. The van der Waals surface area contributed by atoms with Crippen molar-refractivity contribution in [3.05, 3.63) is 71.4 Å². The highest BCUT2D eigenvalue weighted by Gasteiger charge is 2.36. The number of carbonyl (C=O) groups is 1. The highest BCUT2D eigenvalue weighted by Crippen LogP contribution is 2.40. The number of rotatable bonds is 8. The van der Waals surface area contributed by atoms with E-state index in [-0.39, 0.29) is 5.91 Å². The summed E-state index contributed by atoms with van der Waals surface area (Å²) in [5, 5.41) is 11.7. The van der Waals surface area contributed by atoms with Gasteiger partial charge in [-0.25, -0.2) is 4.68 Å². The van der Waals surface area contributed by atoms with Gasteiger partial charge in [0, 0.05) is 16.9 Å². The van der Waals surface area contributed by atoms with Gasteiger partial charge in [-0.05, 0) is 37.3 Å². The Bertz CT molecular complexity index is 1130. The minimum atomic E-state index is -0.471. The first-order valence-corrected chi connectivity index (χ1v) is 11.8. The number of para-hydroxylation sites is 2. The highest BCUT2D eigenvalue weighted by atomic mass is 32.2. The maximum atomic E-state index is 13.5. The van der Waals surface area contributed by atoms with Crippen molar-refractivity contribution in [2.45, 2.75) is 38.4 Å². The van der Waals surface area contributed by atoms with E-state index in [2.05, 4.69) is 29.5 Å². The van der Waals surface area contributed by atoms with Gasteiger partial charge in [-0.15, -0.1) is 5.10 Å². The molecule has 1 amide bonds. The second kappa shape index (κ2) is 9.91. The average molecular weight is 450 g/mol. The second-order valence-corrected chi connectivity index (χ2v) is 8.60. The Hall–Kier alpha value is -3.26. The van der Waals surface area contributed by atoms with Gasteiger partial charge in [0.25, 0.3) is 5.91 Å². The number of anilines is 2. The molecule has 1 aliphatic heterocycles. The number of thioether (sulfide) groups is 1. The van der Waals surface area contributed by atoms with Gasteiger partial charge in [0.15, 0.2) is 0 Å². The molecule has 4 rings (SSSR count). The van der Waals surface area contributed by atoms with Crippen molar-refractivity contribution in [3.63, 3.8) is 0 Å². The summed E-state index contributed by atoms with van der Waals surface area (Å²) in [5.41, 5.74) is 2.92. The summed E-state index contributed by atoms with van der Waals surface area (Å²) >= 11 is 1.56. The van der Waals surface area contributed by atoms with Gasteiger partial charge in [0.2, 0.25) is 11.1 Å². The van der Waals surface area contributed by atoms with Gasteiger partial charge in [-0.3, -0.25) is 4.79 Å². The van der Waals surface area contributed by atoms with Crippen LogP contribution in [0.5, 0.6) is 5.75 Å². The van der Waals surface area contributed by atoms with Crippen molar-refractivity contribution in [2.24, 2.45) is 0 Å². The van der Waals surface area contributed by atoms with Crippen LogP contribution < -0.4 is 15.4 Å². The molecule has 0 radical (unpaired) electrons. The number of ether oxygens (including phenoxy) is 1. The molecule has 32 heavy (non-hydrogen) atoms. The van der Waals surface area contributed by atoms with Crippen molar-refractivity contribution >= 4 is 29.3 Å². The number of nitrogens with one attached hydrogen (secondary N) is 2. The van der Waals surface area contributed by atoms with Gasteiger partial charge >= 0.3 is 0 Å². The van der Waals surface area contributed by atoms with Crippen molar-refractivity contribution in [1.82, 2.24) is 14.8 Å². The third-order valence-corrected chi connectivity index (χ3v) is 5.78. The molecule has 0 saturated heterocycles. The number of fused-ring (bicyclic) bond motifs is 1. The summed E-state index contributed by atoms with van der Waals surface area (Å²) in [7, 11) is 0. The maximum absolute atomic E-state index is 13.5. The van der Waals surface area contributed by atoms with Gasteiger partial charge in [-0.2, -0.15) is 4.98 Å². The monoisotopic (exact) mass is 449 g/mol. The fourth-order valence-corrected chi connectivity index (χ4v) is 4.23. The highest BCUT2D eigenvalue weighted by molar-refractivity contribution is 7.99. The zero-order valence-electron chi connectivity index (χ0n) is 18.5. The van der Waals surface area contributed by atoms with Crippen molar-refractivity contribution in [3.8, 4) is 5.75 Å². The summed E-state index contributed by atoms with van der Waals surface area (Å²) in [4.78, 5) is 18.1. The fraction of sp³-hybridized carbons (Fsp3) is 0.292. The molecule has 2 aromatic carbocycles. The van der Waals surface area contributed by atoms with Crippen LogP contribution in [0.2, 0.25) is 0 Å². The zero-order chi connectivity index (χ0) is 22.5. The van der Waals surface area contributed by atoms with E-state index < -0.39 is 6.04 Å².